The lowest BCUT2D eigenvalue weighted by Crippen LogP contribution is -2.33. The van der Waals surface area contributed by atoms with Crippen LogP contribution in [0.3, 0.4) is 0 Å². The molecule has 1 atom stereocenters. The third kappa shape index (κ3) is 3.43. The van der Waals surface area contributed by atoms with E-state index in [1.165, 1.54) is 51.2 Å². The first-order chi connectivity index (χ1) is 12.3. The second kappa shape index (κ2) is 7.28. The molecule has 1 fully saturated rings. The molecule has 1 N–H and O–H groups in total. The van der Waals surface area contributed by atoms with Crippen LogP contribution in [0.1, 0.15) is 46.2 Å². The predicted octanol–water partition coefficient (Wildman–Crippen LogP) is 5.94. The van der Waals surface area contributed by atoms with Crippen molar-refractivity contribution in [2.24, 2.45) is 0 Å². The lowest BCUT2D eigenvalue weighted by Gasteiger charge is -2.35. The third-order valence-corrected chi connectivity index (χ3v) is 5.47. The van der Waals surface area contributed by atoms with Gasteiger partial charge in [0.25, 0.3) is 0 Å². The lowest BCUT2D eigenvalue weighted by molar-refractivity contribution is 0.677. The van der Waals surface area contributed by atoms with E-state index < -0.39 is 0 Å². The molecule has 0 radical (unpaired) electrons. The van der Waals surface area contributed by atoms with E-state index in [0.29, 0.717) is 6.04 Å². The fourth-order valence-electron chi connectivity index (χ4n) is 4.57. The summed E-state index contributed by atoms with van der Waals surface area (Å²) in [6, 6.07) is 9.47. The van der Waals surface area contributed by atoms with Gasteiger partial charge in [-0.05, 0) is 83.2 Å². The van der Waals surface area contributed by atoms with Crippen molar-refractivity contribution < 1.29 is 0 Å². The summed E-state index contributed by atoms with van der Waals surface area (Å²) in [5, 5.41) is 3.64. The minimum absolute atomic E-state index is 0.343. The van der Waals surface area contributed by atoms with Gasteiger partial charge in [0.1, 0.15) is 0 Å². The van der Waals surface area contributed by atoms with Gasteiger partial charge in [0.15, 0.2) is 0 Å². The molecule has 1 heterocycles. The van der Waals surface area contributed by atoms with Crippen LogP contribution in [-0.4, -0.2) is 12.6 Å². The molecule has 0 aromatic heterocycles. The van der Waals surface area contributed by atoms with Crippen LogP contribution in [0.15, 0.2) is 36.5 Å². The Labute approximate surface area is 158 Å². The van der Waals surface area contributed by atoms with Crippen molar-refractivity contribution >= 4 is 11.4 Å². The fraction of sp³-hybridized carbons (Fsp3) is 0.417. The maximum Gasteiger partial charge on any atom is 0.0517 e. The van der Waals surface area contributed by atoms with Crippen LogP contribution in [0.5, 0.6) is 0 Å². The average molecular weight is 349 g/mol. The van der Waals surface area contributed by atoms with Gasteiger partial charge < -0.3 is 10.2 Å². The van der Waals surface area contributed by atoms with E-state index >= 15 is 0 Å². The number of aryl methyl sites for hydroxylation is 6. The van der Waals surface area contributed by atoms with Crippen molar-refractivity contribution in [2.75, 3.05) is 11.4 Å². The monoisotopic (exact) mass is 348 g/mol. The zero-order chi connectivity index (χ0) is 19.0. The smallest absolute Gasteiger partial charge is 0.0517 e. The lowest BCUT2D eigenvalue weighted by atomic mass is 9.97. The summed E-state index contributed by atoms with van der Waals surface area (Å²) in [5.74, 6) is 0. The second-order valence-corrected chi connectivity index (χ2v) is 7.97. The molecule has 26 heavy (non-hydrogen) atoms. The topological polar surface area (TPSA) is 15.3 Å². The molecule has 138 valence electrons. The molecule has 0 saturated carbocycles. The molecule has 2 aromatic carbocycles. The first-order valence-electron chi connectivity index (χ1n) is 9.67. The maximum absolute atomic E-state index is 4.56. The molecule has 3 rings (SSSR count). The summed E-state index contributed by atoms with van der Waals surface area (Å²) in [7, 11) is 0. The quantitative estimate of drug-likeness (QED) is 0.735. The van der Waals surface area contributed by atoms with Crippen molar-refractivity contribution in [3.63, 3.8) is 0 Å². The molecule has 0 bridgehead atoms. The average Bonchev–Trinajstić information content (AvgIpc) is 3.05. The van der Waals surface area contributed by atoms with Gasteiger partial charge in [-0.15, -0.1) is 0 Å². The molecule has 0 spiro atoms. The van der Waals surface area contributed by atoms with Gasteiger partial charge in [-0.25, -0.2) is 0 Å². The first-order valence-corrected chi connectivity index (χ1v) is 9.67. The SMILES string of the molecule is C=C([C@H]1CCCN1)N(c1c(C)cc(C)cc1C)c1c(C)cc(C)cc1C. The van der Waals surface area contributed by atoms with Gasteiger partial charge in [-0.1, -0.05) is 42.0 Å². The van der Waals surface area contributed by atoms with Gasteiger partial charge in [0.05, 0.1) is 11.4 Å². The standard InChI is InChI=1S/C24H32N2/c1-15-11-17(3)23(18(4)12-15)26(21(7)22-9-8-10-25-22)24-19(5)13-16(2)14-20(24)6/h11-14,22,25H,7-10H2,1-6H3/t22-/m1/s1. The molecule has 2 aromatic rings. The number of benzene rings is 2. The molecule has 1 aliphatic rings. The van der Waals surface area contributed by atoms with Gasteiger partial charge >= 0.3 is 0 Å². The Hall–Kier alpha value is -2.06. The highest BCUT2D eigenvalue weighted by Gasteiger charge is 2.27. The van der Waals surface area contributed by atoms with Crippen molar-refractivity contribution in [1.82, 2.24) is 5.32 Å². The van der Waals surface area contributed by atoms with E-state index in [-0.39, 0.29) is 0 Å². The Morgan fingerprint density at radius 2 is 1.27 bits per heavy atom. The number of nitrogens with one attached hydrogen (secondary N) is 1. The van der Waals surface area contributed by atoms with Crippen LogP contribution in [0, 0.1) is 41.5 Å². The highest BCUT2D eigenvalue weighted by Crippen LogP contribution is 2.40. The summed E-state index contributed by atoms with van der Waals surface area (Å²) >= 11 is 0. The van der Waals surface area contributed by atoms with E-state index in [2.05, 4.69) is 82.6 Å². The largest absolute Gasteiger partial charge is 0.312 e. The number of anilines is 2. The van der Waals surface area contributed by atoms with Crippen molar-refractivity contribution in [1.29, 1.82) is 0 Å². The van der Waals surface area contributed by atoms with E-state index in [9.17, 15) is 0 Å². The van der Waals surface area contributed by atoms with Crippen molar-refractivity contribution in [3.8, 4) is 0 Å². The highest BCUT2D eigenvalue weighted by molar-refractivity contribution is 5.78. The molecule has 1 saturated heterocycles. The second-order valence-electron chi connectivity index (χ2n) is 7.97. The predicted molar refractivity (Wildman–Crippen MR) is 114 cm³/mol. The summed E-state index contributed by atoms with van der Waals surface area (Å²) < 4.78 is 0. The molecule has 2 nitrogen and oxygen atoms in total. The first kappa shape index (κ1) is 18.7. The number of nitrogens with zero attached hydrogens (tertiary/aromatic N) is 1. The molecule has 2 heteroatoms. The van der Waals surface area contributed by atoms with Crippen LogP contribution in [0.4, 0.5) is 11.4 Å². The van der Waals surface area contributed by atoms with Crippen LogP contribution >= 0.6 is 0 Å². The summed E-state index contributed by atoms with van der Waals surface area (Å²) in [4.78, 5) is 2.43. The molecule has 1 aliphatic heterocycles. The summed E-state index contributed by atoms with van der Waals surface area (Å²) in [6.45, 7) is 18.9. The van der Waals surface area contributed by atoms with Gasteiger partial charge in [0.2, 0.25) is 0 Å². The van der Waals surface area contributed by atoms with Gasteiger partial charge in [0, 0.05) is 11.7 Å². The van der Waals surface area contributed by atoms with Crippen LogP contribution < -0.4 is 10.2 Å². The Morgan fingerprint density at radius 3 is 1.62 bits per heavy atom. The number of hydrogen-bond donors (Lipinski definition) is 1. The zero-order valence-corrected chi connectivity index (χ0v) is 17.2. The highest BCUT2D eigenvalue weighted by atomic mass is 15.2. The summed E-state index contributed by atoms with van der Waals surface area (Å²) in [5.41, 5.74) is 11.6. The maximum atomic E-state index is 4.56. The fourth-order valence-corrected chi connectivity index (χ4v) is 4.57. The number of hydrogen-bond acceptors (Lipinski definition) is 2. The van der Waals surface area contributed by atoms with Crippen molar-refractivity contribution in [2.45, 2.75) is 60.4 Å². The minimum Gasteiger partial charge on any atom is -0.312 e. The van der Waals surface area contributed by atoms with Crippen molar-refractivity contribution in [3.05, 3.63) is 69.9 Å². The molecular formula is C24H32N2. The van der Waals surface area contributed by atoms with E-state index in [0.717, 1.165) is 18.7 Å². The molecule has 0 aliphatic carbocycles. The third-order valence-electron chi connectivity index (χ3n) is 5.47. The molecular weight excluding hydrogens is 316 g/mol. The van der Waals surface area contributed by atoms with E-state index in [1.54, 1.807) is 0 Å². The Morgan fingerprint density at radius 1 is 0.846 bits per heavy atom. The molecule has 0 amide bonds. The minimum atomic E-state index is 0.343. The summed E-state index contributed by atoms with van der Waals surface area (Å²) in [6.07, 6.45) is 2.37. The van der Waals surface area contributed by atoms with Crippen LogP contribution in [0.25, 0.3) is 0 Å². The number of rotatable bonds is 4. The Kier molecular flexibility index (Phi) is 5.24. The zero-order valence-electron chi connectivity index (χ0n) is 17.2. The van der Waals surface area contributed by atoms with Gasteiger partial charge in [-0.2, -0.15) is 0 Å². The van der Waals surface area contributed by atoms with E-state index in [4.69, 9.17) is 0 Å². The van der Waals surface area contributed by atoms with Crippen LogP contribution in [-0.2, 0) is 0 Å². The molecule has 0 unspecified atom stereocenters. The Balaban J connectivity index is 2.23. The Bertz CT molecular complexity index is 738. The van der Waals surface area contributed by atoms with Crippen LogP contribution in [0.2, 0.25) is 0 Å². The van der Waals surface area contributed by atoms with E-state index in [1.807, 2.05) is 0 Å². The normalized spacial score (nSPS) is 16.8. The van der Waals surface area contributed by atoms with Gasteiger partial charge in [-0.3, -0.25) is 0 Å².